The monoisotopic (exact) mass is 251 g/mol. The molecule has 4 nitrogen and oxygen atoms in total. The minimum Gasteiger partial charge on any atom is -0.507 e. The highest BCUT2D eigenvalue weighted by Gasteiger charge is 2.17. The molecular formula is C14H21NO3. The summed E-state index contributed by atoms with van der Waals surface area (Å²) in [6, 6.07) is 3.92. The average Bonchev–Trinajstić information content (AvgIpc) is 2.80. The molecule has 1 heterocycles. The van der Waals surface area contributed by atoms with E-state index in [0.29, 0.717) is 24.1 Å². The number of unbranched alkanes of at least 4 members (excludes halogenated alkanes) is 1. The Morgan fingerprint density at radius 2 is 2.06 bits per heavy atom. The van der Waals surface area contributed by atoms with E-state index in [-0.39, 0.29) is 12.5 Å². The van der Waals surface area contributed by atoms with Crippen molar-refractivity contribution in [2.24, 2.45) is 0 Å². The van der Waals surface area contributed by atoms with Crippen molar-refractivity contribution in [2.45, 2.75) is 45.7 Å². The summed E-state index contributed by atoms with van der Waals surface area (Å²) in [6.07, 6.45) is 3.59. The molecular weight excluding hydrogens is 230 g/mol. The summed E-state index contributed by atoms with van der Waals surface area (Å²) >= 11 is 0. The van der Waals surface area contributed by atoms with Gasteiger partial charge in [-0.05, 0) is 19.4 Å². The number of hydrogen-bond donors (Lipinski definition) is 2. The van der Waals surface area contributed by atoms with Gasteiger partial charge in [0.1, 0.15) is 5.75 Å². The molecule has 0 aromatic heterocycles. The van der Waals surface area contributed by atoms with E-state index in [0.717, 1.165) is 12.0 Å². The maximum absolute atomic E-state index is 9.89. The molecule has 4 heteroatoms. The van der Waals surface area contributed by atoms with Gasteiger partial charge in [-0.1, -0.05) is 19.8 Å². The van der Waals surface area contributed by atoms with Crippen molar-refractivity contribution in [3.63, 3.8) is 0 Å². The first-order valence-corrected chi connectivity index (χ1v) is 6.55. The number of phenolic OH excluding ortho intramolecular Hbond substituents is 1. The lowest BCUT2D eigenvalue weighted by Crippen LogP contribution is -2.25. The molecule has 1 aliphatic heterocycles. The summed E-state index contributed by atoms with van der Waals surface area (Å²) in [4.78, 5) is 0. The van der Waals surface area contributed by atoms with Gasteiger partial charge >= 0.3 is 0 Å². The highest BCUT2D eigenvalue weighted by atomic mass is 16.7. The van der Waals surface area contributed by atoms with E-state index in [1.54, 1.807) is 6.07 Å². The fourth-order valence-corrected chi connectivity index (χ4v) is 2.01. The first-order chi connectivity index (χ1) is 8.70. The smallest absolute Gasteiger partial charge is 0.231 e. The van der Waals surface area contributed by atoms with Crippen LogP contribution >= 0.6 is 0 Å². The van der Waals surface area contributed by atoms with E-state index in [9.17, 15) is 5.11 Å². The fourth-order valence-electron chi connectivity index (χ4n) is 2.01. The zero-order valence-corrected chi connectivity index (χ0v) is 11.0. The van der Waals surface area contributed by atoms with Crippen LogP contribution in [0.25, 0.3) is 0 Å². The zero-order chi connectivity index (χ0) is 13.0. The third-order valence-corrected chi connectivity index (χ3v) is 3.21. The Bertz CT molecular complexity index is 406. The van der Waals surface area contributed by atoms with E-state index < -0.39 is 0 Å². The van der Waals surface area contributed by atoms with Gasteiger partial charge in [-0.15, -0.1) is 0 Å². The highest BCUT2D eigenvalue weighted by molar-refractivity contribution is 5.51. The van der Waals surface area contributed by atoms with Gasteiger partial charge in [-0.25, -0.2) is 0 Å². The van der Waals surface area contributed by atoms with E-state index in [4.69, 9.17) is 9.47 Å². The third-order valence-electron chi connectivity index (χ3n) is 3.21. The van der Waals surface area contributed by atoms with Crippen molar-refractivity contribution in [3.8, 4) is 17.2 Å². The van der Waals surface area contributed by atoms with Crippen LogP contribution in [0.5, 0.6) is 17.2 Å². The summed E-state index contributed by atoms with van der Waals surface area (Å²) in [5.74, 6) is 1.59. The van der Waals surface area contributed by atoms with Crippen LogP contribution in [0.2, 0.25) is 0 Å². The molecule has 1 atom stereocenters. The van der Waals surface area contributed by atoms with Crippen molar-refractivity contribution in [3.05, 3.63) is 17.7 Å². The van der Waals surface area contributed by atoms with Crippen LogP contribution in [0.4, 0.5) is 0 Å². The number of rotatable bonds is 6. The Balaban J connectivity index is 1.93. The van der Waals surface area contributed by atoms with Crippen LogP contribution in [0.3, 0.4) is 0 Å². The van der Waals surface area contributed by atoms with Crippen LogP contribution in [0, 0.1) is 0 Å². The summed E-state index contributed by atoms with van der Waals surface area (Å²) in [6.45, 7) is 5.24. The second-order valence-corrected chi connectivity index (χ2v) is 4.76. The summed E-state index contributed by atoms with van der Waals surface area (Å²) in [7, 11) is 0. The number of fused-ring (bicyclic) bond motifs is 1. The molecule has 1 aromatic carbocycles. The first-order valence-electron chi connectivity index (χ1n) is 6.55. The van der Waals surface area contributed by atoms with Gasteiger partial charge < -0.3 is 19.9 Å². The van der Waals surface area contributed by atoms with Crippen LogP contribution < -0.4 is 14.8 Å². The molecule has 0 spiro atoms. The van der Waals surface area contributed by atoms with Crippen molar-refractivity contribution < 1.29 is 14.6 Å². The van der Waals surface area contributed by atoms with E-state index in [1.807, 2.05) is 6.07 Å². The Morgan fingerprint density at radius 1 is 1.33 bits per heavy atom. The topological polar surface area (TPSA) is 50.7 Å². The number of phenols is 1. The fraction of sp³-hybridized carbons (Fsp3) is 0.571. The van der Waals surface area contributed by atoms with E-state index >= 15 is 0 Å². The van der Waals surface area contributed by atoms with Crippen molar-refractivity contribution >= 4 is 0 Å². The molecule has 0 fully saturated rings. The number of aromatic hydroxyl groups is 1. The predicted octanol–water partition coefficient (Wildman–Crippen LogP) is 2.79. The normalized spacial score (nSPS) is 14.8. The SMILES string of the molecule is CCCCC(C)NCc1cc2c(cc1O)OCO2. The quantitative estimate of drug-likeness (QED) is 0.816. The molecule has 0 amide bonds. The second-order valence-electron chi connectivity index (χ2n) is 4.76. The average molecular weight is 251 g/mol. The van der Waals surface area contributed by atoms with Crippen LogP contribution in [0.15, 0.2) is 12.1 Å². The number of benzene rings is 1. The Labute approximate surface area is 108 Å². The van der Waals surface area contributed by atoms with Gasteiger partial charge in [0.25, 0.3) is 0 Å². The summed E-state index contributed by atoms with van der Waals surface area (Å²) < 4.78 is 10.5. The van der Waals surface area contributed by atoms with Gasteiger partial charge in [-0.2, -0.15) is 0 Å². The first kappa shape index (κ1) is 13.0. The molecule has 1 unspecified atom stereocenters. The minimum atomic E-state index is 0.235. The van der Waals surface area contributed by atoms with Crippen molar-refractivity contribution in [1.82, 2.24) is 5.32 Å². The molecule has 0 aliphatic carbocycles. The summed E-state index contributed by atoms with van der Waals surface area (Å²) in [5.41, 5.74) is 0.850. The van der Waals surface area contributed by atoms with Crippen molar-refractivity contribution in [1.29, 1.82) is 0 Å². The number of hydrogen-bond acceptors (Lipinski definition) is 4. The van der Waals surface area contributed by atoms with Gasteiger partial charge in [-0.3, -0.25) is 0 Å². The van der Waals surface area contributed by atoms with Gasteiger partial charge in [0.15, 0.2) is 11.5 Å². The van der Waals surface area contributed by atoms with E-state index in [1.165, 1.54) is 12.8 Å². The maximum Gasteiger partial charge on any atom is 0.231 e. The Morgan fingerprint density at radius 3 is 2.78 bits per heavy atom. The summed E-state index contributed by atoms with van der Waals surface area (Å²) in [5, 5.41) is 13.3. The lowest BCUT2D eigenvalue weighted by Gasteiger charge is -2.14. The maximum atomic E-state index is 9.89. The number of nitrogens with one attached hydrogen (secondary N) is 1. The predicted molar refractivity (Wildman–Crippen MR) is 70.1 cm³/mol. The van der Waals surface area contributed by atoms with Crippen LogP contribution in [-0.2, 0) is 6.54 Å². The minimum absolute atomic E-state index is 0.235. The molecule has 2 N–H and O–H groups in total. The third kappa shape index (κ3) is 3.07. The van der Waals surface area contributed by atoms with Gasteiger partial charge in [0.2, 0.25) is 6.79 Å². The lowest BCUT2D eigenvalue weighted by atomic mass is 10.1. The lowest BCUT2D eigenvalue weighted by molar-refractivity contribution is 0.174. The largest absolute Gasteiger partial charge is 0.507 e. The Hall–Kier alpha value is -1.42. The van der Waals surface area contributed by atoms with Crippen LogP contribution in [-0.4, -0.2) is 17.9 Å². The molecule has 100 valence electrons. The van der Waals surface area contributed by atoms with Gasteiger partial charge in [0.05, 0.1) is 0 Å². The zero-order valence-electron chi connectivity index (χ0n) is 11.0. The molecule has 18 heavy (non-hydrogen) atoms. The highest BCUT2D eigenvalue weighted by Crippen LogP contribution is 2.37. The molecule has 1 aromatic rings. The molecule has 1 aliphatic rings. The second kappa shape index (κ2) is 5.96. The molecule has 0 radical (unpaired) electrons. The molecule has 0 saturated heterocycles. The van der Waals surface area contributed by atoms with Gasteiger partial charge in [0, 0.05) is 24.2 Å². The standard InChI is InChI=1S/C14H21NO3/c1-3-4-5-10(2)15-8-11-6-13-14(7-12(11)16)18-9-17-13/h6-7,10,15-16H,3-5,8-9H2,1-2H3. The molecule has 0 bridgehead atoms. The van der Waals surface area contributed by atoms with Crippen LogP contribution in [0.1, 0.15) is 38.7 Å². The molecule has 2 rings (SSSR count). The van der Waals surface area contributed by atoms with Crippen molar-refractivity contribution in [2.75, 3.05) is 6.79 Å². The van der Waals surface area contributed by atoms with E-state index in [2.05, 4.69) is 19.2 Å². The molecule has 0 saturated carbocycles. The number of ether oxygens (including phenoxy) is 2. The Kier molecular flexibility index (Phi) is 4.31.